The van der Waals surface area contributed by atoms with Crippen LogP contribution in [0.15, 0.2) is 6.07 Å². The molecule has 2 rings (SSSR count). The van der Waals surface area contributed by atoms with Gasteiger partial charge in [-0.3, -0.25) is 0 Å². The minimum atomic E-state index is -0.143. The summed E-state index contributed by atoms with van der Waals surface area (Å²) in [6.07, 6.45) is 4.36. The molecule has 1 saturated carbocycles. The third-order valence-electron chi connectivity index (χ3n) is 3.48. The van der Waals surface area contributed by atoms with E-state index < -0.39 is 0 Å². The summed E-state index contributed by atoms with van der Waals surface area (Å²) < 4.78 is 0. The van der Waals surface area contributed by atoms with E-state index in [2.05, 4.69) is 25.2 Å². The van der Waals surface area contributed by atoms with Crippen molar-refractivity contribution < 1.29 is 5.11 Å². The molecule has 3 heteroatoms. The normalized spacial score (nSPS) is 25.9. The van der Waals surface area contributed by atoms with Gasteiger partial charge in [-0.25, -0.2) is 0 Å². The van der Waals surface area contributed by atoms with Gasteiger partial charge in [0.1, 0.15) is 0 Å². The maximum atomic E-state index is 9.85. The van der Waals surface area contributed by atoms with E-state index in [1.165, 1.54) is 28.2 Å². The van der Waals surface area contributed by atoms with Gasteiger partial charge in [0.2, 0.25) is 0 Å². The topological polar surface area (TPSA) is 32.3 Å². The molecule has 16 heavy (non-hydrogen) atoms. The van der Waals surface area contributed by atoms with E-state index in [1.807, 2.05) is 11.3 Å². The minimum Gasteiger partial charge on any atom is -0.392 e. The monoisotopic (exact) mass is 239 g/mol. The standard InChI is InChI=1S/C13H21NOS/c1-9-7-11(16-10(9)2)8-14-12-5-3-4-6-13(12)15/h7,12-15H,3-6,8H2,1-2H3/t12-,13-/m0/s1. The summed E-state index contributed by atoms with van der Waals surface area (Å²) in [5.41, 5.74) is 1.38. The zero-order chi connectivity index (χ0) is 11.5. The number of nitrogens with one attached hydrogen (secondary N) is 1. The molecule has 0 spiro atoms. The molecule has 1 aliphatic rings. The zero-order valence-corrected chi connectivity index (χ0v) is 10.9. The van der Waals surface area contributed by atoms with Gasteiger partial charge in [-0.1, -0.05) is 12.8 Å². The Morgan fingerprint density at radius 3 is 2.75 bits per heavy atom. The van der Waals surface area contributed by atoms with Crippen LogP contribution in [0.5, 0.6) is 0 Å². The quantitative estimate of drug-likeness (QED) is 0.850. The second-order valence-corrected chi connectivity index (χ2v) is 6.13. The van der Waals surface area contributed by atoms with Crippen molar-refractivity contribution in [2.24, 2.45) is 0 Å². The molecule has 0 aromatic carbocycles. The van der Waals surface area contributed by atoms with E-state index in [0.717, 1.165) is 19.4 Å². The fourth-order valence-corrected chi connectivity index (χ4v) is 3.32. The van der Waals surface area contributed by atoms with Crippen molar-refractivity contribution in [2.75, 3.05) is 0 Å². The number of aliphatic hydroxyl groups excluding tert-OH is 1. The van der Waals surface area contributed by atoms with E-state index in [0.29, 0.717) is 6.04 Å². The van der Waals surface area contributed by atoms with Crippen LogP contribution < -0.4 is 5.32 Å². The van der Waals surface area contributed by atoms with Gasteiger partial charge in [0.25, 0.3) is 0 Å². The number of thiophene rings is 1. The number of hydrogen-bond donors (Lipinski definition) is 2. The van der Waals surface area contributed by atoms with Gasteiger partial charge in [-0.15, -0.1) is 11.3 Å². The SMILES string of the molecule is Cc1cc(CN[C@H]2CCCC[C@@H]2O)sc1C. The predicted molar refractivity (Wildman–Crippen MR) is 68.9 cm³/mol. The first kappa shape index (κ1) is 12.1. The van der Waals surface area contributed by atoms with Crippen molar-refractivity contribution in [3.8, 4) is 0 Å². The van der Waals surface area contributed by atoms with E-state index in [4.69, 9.17) is 0 Å². The highest BCUT2D eigenvalue weighted by Crippen LogP contribution is 2.22. The van der Waals surface area contributed by atoms with Gasteiger partial charge in [0.15, 0.2) is 0 Å². The highest BCUT2D eigenvalue weighted by Gasteiger charge is 2.22. The maximum Gasteiger partial charge on any atom is 0.0693 e. The molecule has 2 atom stereocenters. The lowest BCUT2D eigenvalue weighted by atomic mass is 9.92. The van der Waals surface area contributed by atoms with Crippen LogP contribution in [0.2, 0.25) is 0 Å². The molecule has 0 bridgehead atoms. The van der Waals surface area contributed by atoms with E-state index in [-0.39, 0.29) is 6.10 Å². The molecule has 0 radical (unpaired) electrons. The van der Waals surface area contributed by atoms with Gasteiger partial charge in [0.05, 0.1) is 6.10 Å². The first-order valence-electron chi connectivity index (χ1n) is 6.14. The number of rotatable bonds is 3. The summed E-state index contributed by atoms with van der Waals surface area (Å²) in [6, 6.07) is 2.55. The van der Waals surface area contributed by atoms with E-state index in [1.54, 1.807) is 0 Å². The summed E-state index contributed by atoms with van der Waals surface area (Å²) in [7, 11) is 0. The number of hydrogen-bond acceptors (Lipinski definition) is 3. The minimum absolute atomic E-state index is 0.143. The van der Waals surface area contributed by atoms with E-state index in [9.17, 15) is 5.11 Å². The van der Waals surface area contributed by atoms with Crippen LogP contribution in [-0.2, 0) is 6.54 Å². The van der Waals surface area contributed by atoms with Crippen molar-refractivity contribution in [3.05, 3.63) is 21.4 Å². The van der Waals surface area contributed by atoms with Crippen LogP contribution in [0, 0.1) is 13.8 Å². The Morgan fingerprint density at radius 1 is 1.38 bits per heavy atom. The Bertz CT molecular complexity index is 328. The Hall–Kier alpha value is -0.380. The summed E-state index contributed by atoms with van der Waals surface area (Å²) >= 11 is 1.86. The smallest absolute Gasteiger partial charge is 0.0693 e. The highest BCUT2D eigenvalue weighted by atomic mass is 32.1. The summed E-state index contributed by atoms with van der Waals surface area (Å²) in [4.78, 5) is 2.79. The molecule has 1 aromatic heterocycles. The average molecular weight is 239 g/mol. The van der Waals surface area contributed by atoms with Crippen LogP contribution in [0.4, 0.5) is 0 Å². The first-order chi connectivity index (χ1) is 7.66. The number of aliphatic hydroxyl groups is 1. The lowest BCUT2D eigenvalue weighted by molar-refractivity contribution is 0.0904. The van der Waals surface area contributed by atoms with Gasteiger partial charge in [-0.05, 0) is 38.3 Å². The molecule has 1 aliphatic carbocycles. The molecular weight excluding hydrogens is 218 g/mol. The molecule has 2 nitrogen and oxygen atoms in total. The molecule has 1 heterocycles. The Labute approximate surface area is 102 Å². The van der Waals surface area contributed by atoms with Crippen LogP contribution in [-0.4, -0.2) is 17.3 Å². The number of aryl methyl sites for hydroxylation is 2. The van der Waals surface area contributed by atoms with E-state index >= 15 is 0 Å². The van der Waals surface area contributed by atoms with Crippen molar-refractivity contribution in [2.45, 2.75) is 58.2 Å². The lowest BCUT2D eigenvalue weighted by Gasteiger charge is -2.28. The van der Waals surface area contributed by atoms with Crippen LogP contribution in [0.1, 0.15) is 41.0 Å². The molecule has 1 fully saturated rings. The lowest BCUT2D eigenvalue weighted by Crippen LogP contribution is -2.41. The maximum absolute atomic E-state index is 9.85. The molecule has 90 valence electrons. The molecule has 0 saturated heterocycles. The average Bonchev–Trinajstić information content (AvgIpc) is 2.57. The Kier molecular flexibility index (Phi) is 4.00. The Morgan fingerprint density at radius 2 is 2.12 bits per heavy atom. The third kappa shape index (κ3) is 2.84. The van der Waals surface area contributed by atoms with Gasteiger partial charge < -0.3 is 10.4 Å². The highest BCUT2D eigenvalue weighted by molar-refractivity contribution is 7.12. The van der Waals surface area contributed by atoms with Gasteiger partial charge in [0, 0.05) is 22.3 Å². The van der Waals surface area contributed by atoms with Crippen molar-refractivity contribution in [3.63, 3.8) is 0 Å². The predicted octanol–water partition coefficient (Wildman–Crippen LogP) is 2.76. The third-order valence-corrected chi connectivity index (χ3v) is 4.64. The summed E-state index contributed by atoms with van der Waals surface area (Å²) in [5.74, 6) is 0. The fraction of sp³-hybridized carbons (Fsp3) is 0.692. The first-order valence-corrected chi connectivity index (χ1v) is 6.96. The fourth-order valence-electron chi connectivity index (χ4n) is 2.32. The molecule has 1 aromatic rings. The van der Waals surface area contributed by atoms with Crippen LogP contribution in [0.25, 0.3) is 0 Å². The van der Waals surface area contributed by atoms with Crippen LogP contribution in [0.3, 0.4) is 0 Å². The second-order valence-electron chi connectivity index (χ2n) is 4.79. The van der Waals surface area contributed by atoms with Crippen molar-refractivity contribution in [1.82, 2.24) is 5.32 Å². The molecule has 0 amide bonds. The zero-order valence-electron chi connectivity index (χ0n) is 10.1. The molecule has 0 aliphatic heterocycles. The second kappa shape index (κ2) is 5.30. The Balaban J connectivity index is 1.86. The van der Waals surface area contributed by atoms with Crippen molar-refractivity contribution >= 4 is 11.3 Å². The largest absolute Gasteiger partial charge is 0.392 e. The molecule has 0 unspecified atom stereocenters. The molecule has 2 N–H and O–H groups in total. The van der Waals surface area contributed by atoms with Crippen LogP contribution >= 0.6 is 11.3 Å². The molecular formula is C13H21NOS. The van der Waals surface area contributed by atoms with Gasteiger partial charge >= 0.3 is 0 Å². The summed E-state index contributed by atoms with van der Waals surface area (Å²) in [5, 5.41) is 13.3. The summed E-state index contributed by atoms with van der Waals surface area (Å²) in [6.45, 7) is 5.23. The van der Waals surface area contributed by atoms with Gasteiger partial charge in [-0.2, -0.15) is 0 Å². The van der Waals surface area contributed by atoms with Crippen molar-refractivity contribution in [1.29, 1.82) is 0 Å².